The number of aryl methyl sites for hydroxylation is 1. The lowest BCUT2D eigenvalue weighted by Gasteiger charge is -2.37. The average molecular weight is 486 g/mol. The van der Waals surface area contributed by atoms with E-state index in [1.165, 1.54) is 17.0 Å². The largest absolute Gasteiger partial charge is 0.416 e. The van der Waals surface area contributed by atoms with E-state index in [1.54, 1.807) is 25.3 Å². The van der Waals surface area contributed by atoms with Crippen molar-refractivity contribution in [1.82, 2.24) is 19.4 Å². The highest BCUT2D eigenvalue weighted by molar-refractivity contribution is 6.05. The number of nitrogens with zero attached hydrogens (tertiary/aromatic N) is 4. The van der Waals surface area contributed by atoms with Crippen molar-refractivity contribution in [2.24, 2.45) is 0 Å². The predicted octanol–water partition coefficient (Wildman–Crippen LogP) is 4.98. The molecular formula is C26H30F3N5O. The van der Waals surface area contributed by atoms with Crippen molar-refractivity contribution in [2.45, 2.75) is 39.5 Å². The van der Waals surface area contributed by atoms with Crippen LogP contribution in [0.15, 0.2) is 55.0 Å². The van der Waals surface area contributed by atoms with Crippen LogP contribution in [0.3, 0.4) is 0 Å². The van der Waals surface area contributed by atoms with Gasteiger partial charge in [0.25, 0.3) is 5.91 Å². The third kappa shape index (κ3) is 6.10. The van der Waals surface area contributed by atoms with E-state index in [-0.39, 0.29) is 11.4 Å². The number of rotatable bonds is 6. The van der Waals surface area contributed by atoms with Gasteiger partial charge >= 0.3 is 6.18 Å². The summed E-state index contributed by atoms with van der Waals surface area (Å²) in [6, 6.07) is 11.3. The van der Waals surface area contributed by atoms with Gasteiger partial charge in [0, 0.05) is 61.9 Å². The van der Waals surface area contributed by atoms with Crippen LogP contribution in [-0.4, -0.2) is 57.5 Å². The van der Waals surface area contributed by atoms with Crippen LogP contribution in [0.2, 0.25) is 0 Å². The number of carbonyl (C=O) groups excluding carboxylic acids is 1. The van der Waals surface area contributed by atoms with Crippen molar-refractivity contribution in [3.8, 4) is 5.69 Å². The number of amides is 1. The quantitative estimate of drug-likeness (QED) is 0.535. The first-order valence-electron chi connectivity index (χ1n) is 11.7. The van der Waals surface area contributed by atoms with Gasteiger partial charge in [-0.3, -0.25) is 14.6 Å². The van der Waals surface area contributed by atoms with Crippen molar-refractivity contribution in [2.75, 3.05) is 31.5 Å². The van der Waals surface area contributed by atoms with Crippen LogP contribution in [-0.2, 0) is 12.7 Å². The van der Waals surface area contributed by atoms with Crippen LogP contribution in [0.4, 0.5) is 18.9 Å². The van der Waals surface area contributed by atoms with Gasteiger partial charge in [0.15, 0.2) is 0 Å². The topological polar surface area (TPSA) is 53.4 Å². The van der Waals surface area contributed by atoms with Gasteiger partial charge in [0.05, 0.1) is 17.6 Å². The Morgan fingerprint density at radius 1 is 1.09 bits per heavy atom. The molecule has 2 aromatic carbocycles. The summed E-state index contributed by atoms with van der Waals surface area (Å²) in [6.45, 7) is 10.5. The summed E-state index contributed by atoms with van der Waals surface area (Å²) in [4.78, 5) is 22.0. The number of alkyl halides is 3. The van der Waals surface area contributed by atoms with Crippen LogP contribution in [0, 0.1) is 6.92 Å². The molecule has 4 rings (SSSR count). The fourth-order valence-electron chi connectivity index (χ4n) is 4.32. The molecule has 0 spiro atoms. The minimum atomic E-state index is -4.55. The molecule has 9 heteroatoms. The minimum Gasteiger partial charge on any atom is -0.322 e. The van der Waals surface area contributed by atoms with Gasteiger partial charge in [0.2, 0.25) is 0 Å². The number of aromatic nitrogens is 2. The second kappa shape index (κ2) is 10.2. The Morgan fingerprint density at radius 3 is 2.43 bits per heavy atom. The number of halogens is 3. The Balaban J connectivity index is 1.55. The number of hydrogen-bond acceptors (Lipinski definition) is 4. The highest BCUT2D eigenvalue weighted by Gasteiger charge is 2.32. The predicted molar refractivity (Wildman–Crippen MR) is 130 cm³/mol. The molecular weight excluding hydrogens is 455 g/mol. The van der Waals surface area contributed by atoms with E-state index >= 15 is 0 Å². The molecule has 0 radical (unpaired) electrons. The molecule has 186 valence electrons. The lowest BCUT2D eigenvalue weighted by Crippen LogP contribution is -2.48. The molecule has 1 amide bonds. The lowest BCUT2D eigenvalue weighted by atomic mass is 10.1. The zero-order valence-corrected chi connectivity index (χ0v) is 20.1. The standard InChI is InChI=1S/C26H30F3N5O/c1-18(2)33-10-8-32(9-11-33)16-20-6-4-5-7-24(20)25(35)31-22-12-21(26(27,28)29)13-23(14-22)34-15-19(3)30-17-34/h4-7,12-15,17-18H,8-11,16H2,1-3H3,(H,31,35). The van der Waals surface area contributed by atoms with E-state index in [0.717, 1.165) is 43.9 Å². The van der Waals surface area contributed by atoms with Gasteiger partial charge in [-0.25, -0.2) is 4.98 Å². The fraction of sp³-hybridized carbons (Fsp3) is 0.385. The lowest BCUT2D eigenvalue weighted by molar-refractivity contribution is -0.137. The summed E-state index contributed by atoms with van der Waals surface area (Å²) in [7, 11) is 0. The Kier molecular flexibility index (Phi) is 7.28. The van der Waals surface area contributed by atoms with E-state index in [1.807, 2.05) is 12.1 Å². The molecule has 0 unspecified atom stereocenters. The highest BCUT2D eigenvalue weighted by Crippen LogP contribution is 2.33. The second-order valence-electron chi connectivity index (χ2n) is 9.21. The molecule has 6 nitrogen and oxygen atoms in total. The summed E-state index contributed by atoms with van der Waals surface area (Å²) in [5, 5.41) is 2.69. The molecule has 3 aromatic rings. The Morgan fingerprint density at radius 2 is 1.80 bits per heavy atom. The van der Waals surface area contributed by atoms with Crippen LogP contribution in [0.25, 0.3) is 5.69 Å². The molecule has 1 fully saturated rings. The van der Waals surface area contributed by atoms with Crippen LogP contribution < -0.4 is 5.32 Å². The molecule has 0 atom stereocenters. The number of carbonyl (C=O) groups is 1. The molecule has 2 heterocycles. The minimum absolute atomic E-state index is 0.0755. The van der Waals surface area contributed by atoms with E-state index in [9.17, 15) is 18.0 Å². The van der Waals surface area contributed by atoms with E-state index in [2.05, 4.69) is 33.9 Å². The normalized spacial score (nSPS) is 15.5. The van der Waals surface area contributed by atoms with Crippen LogP contribution in [0.5, 0.6) is 0 Å². The maximum atomic E-state index is 13.6. The van der Waals surface area contributed by atoms with E-state index in [4.69, 9.17) is 0 Å². The summed E-state index contributed by atoms with van der Waals surface area (Å²) in [5.74, 6) is -0.437. The highest BCUT2D eigenvalue weighted by atomic mass is 19.4. The Labute approximate surface area is 203 Å². The number of benzene rings is 2. The second-order valence-corrected chi connectivity index (χ2v) is 9.21. The molecule has 0 aliphatic carbocycles. The molecule has 0 bridgehead atoms. The Bertz CT molecular complexity index is 1180. The Hall–Kier alpha value is -3.17. The molecule has 1 aliphatic rings. The first-order chi connectivity index (χ1) is 16.6. The first kappa shape index (κ1) is 24.9. The van der Waals surface area contributed by atoms with Gasteiger partial charge in [-0.1, -0.05) is 18.2 Å². The SMILES string of the molecule is Cc1cn(-c2cc(NC(=O)c3ccccc3CN3CCN(C(C)C)CC3)cc(C(F)(F)F)c2)cn1. The fourth-order valence-corrected chi connectivity index (χ4v) is 4.32. The third-order valence-corrected chi connectivity index (χ3v) is 6.31. The average Bonchev–Trinajstić information content (AvgIpc) is 3.25. The zero-order valence-electron chi connectivity index (χ0n) is 20.1. The summed E-state index contributed by atoms with van der Waals surface area (Å²) in [6.07, 6.45) is -1.47. The van der Waals surface area contributed by atoms with Crippen molar-refractivity contribution < 1.29 is 18.0 Å². The van der Waals surface area contributed by atoms with Crippen LogP contribution >= 0.6 is 0 Å². The smallest absolute Gasteiger partial charge is 0.322 e. The molecule has 1 aliphatic heterocycles. The van der Waals surface area contributed by atoms with E-state index in [0.29, 0.717) is 23.8 Å². The number of imidazole rings is 1. The summed E-state index contributed by atoms with van der Waals surface area (Å²) < 4.78 is 42.3. The number of nitrogens with one attached hydrogen (secondary N) is 1. The molecule has 35 heavy (non-hydrogen) atoms. The molecule has 1 N–H and O–H groups in total. The van der Waals surface area contributed by atoms with Crippen molar-refractivity contribution in [3.63, 3.8) is 0 Å². The molecule has 1 saturated heterocycles. The van der Waals surface area contributed by atoms with Gasteiger partial charge in [-0.2, -0.15) is 13.2 Å². The first-order valence-corrected chi connectivity index (χ1v) is 11.7. The monoisotopic (exact) mass is 485 g/mol. The van der Waals surface area contributed by atoms with Gasteiger partial charge in [-0.05, 0) is 50.6 Å². The van der Waals surface area contributed by atoms with E-state index < -0.39 is 17.6 Å². The van der Waals surface area contributed by atoms with Gasteiger partial charge in [-0.15, -0.1) is 0 Å². The van der Waals surface area contributed by atoms with Gasteiger partial charge < -0.3 is 9.88 Å². The van der Waals surface area contributed by atoms with Crippen LogP contribution in [0.1, 0.15) is 41.0 Å². The van der Waals surface area contributed by atoms with Crippen molar-refractivity contribution in [3.05, 3.63) is 77.4 Å². The number of hydrogen-bond donors (Lipinski definition) is 1. The van der Waals surface area contributed by atoms with Crippen molar-refractivity contribution in [1.29, 1.82) is 0 Å². The maximum Gasteiger partial charge on any atom is 0.416 e. The third-order valence-electron chi connectivity index (χ3n) is 6.31. The molecule has 0 saturated carbocycles. The number of piperazine rings is 1. The van der Waals surface area contributed by atoms with Gasteiger partial charge in [0.1, 0.15) is 0 Å². The summed E-state index contributed by atoms with van der Waals surface area (Å²) >= 11 is 0. The zero-order chi connectivity index (χ0) is 25.2. The molecule has 1 aromatic heterocycles. The summed E-state index contributed by atoms with van der Waals surface area (Å²) in [5.41, 5.74) is 1.49. The number of anilines is 1. The maximum absolute atomic E-state index is 13.6. The van der Waals surface area contributed by atoms with Crippen molar-refractivity contribution >= 4 is 11.6 Å².